The van der Waals surface area contributed by atoms with Crippen molar-refractivity contribution in [3.05, 3.63) is 38.4 Å². The van der Waals surface area contributed by atoms with E-state index in [0.29, 0.717) is 11.4 Å². The molecule has 0 aromatic carbocycles. The van der Waals surface area contributed by atoms with E-state index in [4.69, 9.17) is 0 Å². The van der Waals surface area contributed by atoms with E-state index in [0.717, 1.165) is 0 Å². The minimum atomic E-state index is 0.625. The topological polar surface area (TPSA) is 12.0 Å². The zero-order chi connectivity index (χ0) is 5.86. The Morgan fingerprint density at radius 1 is 1.43 bits per heavy atom. The van der Waals surface area contributed by atoms with Crippen LogP contribution in [0.4, 0.5) is 0 Å². The summed E-state index contributed by atoms with van der Waals surface area (Å²) in [7, 11) is 0. The Kier molecular flexibility index (Phi) is 2.06. The maximum atomic E-state index is 3.47. The van der Waals surface area contributed by atoms with Gasteiger partial charge in [0, 0.05) is 5.70 Å². The van der Waals surface area contributed by atoms with Crippen molar-refractivity contribution in [2.45, 2.75) is 0 Å². The smallest absolute Gasteiger partial charge is 0.188 e. The second-order valence-electron chi connectivity index (χ2n) is 1.33. The quantitative estimate of drug-likeness (QED) is 0.509. The van der Waals surface area contributed by atoms with Crippen LogP contribution in [0.3, 0.4) is 0 Å². The number of hydrogen-bond acceptors (Lipinski definition) is 1. The predicted octanol–water partition coefficient (Wildman–Crippen LogP) is 1.27. The maximum Gasteiger partial charge on any atom is 0.188 e. The average molecular weight is 95.1 g/mol. The summed E-state index contributed by atoms with van der Waals surface area (Å²) in [6, 6.07) is 0. The van der Waals surface area contributed by atoms with Crippen LogP contribution in [0, 0.1) is 13.8 Å². The van der Waals surface area contributed by atoms with Crippen molar-refractivity contribution in [2.24, 2.45) is 0 Å². The van der Waals surface area contributed by atoms with Gasteiger partial charge in [0.05, 0.1) is 13.5 Å². The average Bonchev–Trinajstić information content (AvgIpc) is 1.27. The Balaban J connectivity index is 3.32. The first-order valence-electron chi connectivity index (χ1n) is 1.91. The Labute approximate surface area is 44.7 Å². The molecule has 1 N–H and O–H groups in total. The van der Waals surface area contributed by atoms with Crippen molar-refractivity contribution >= 4 is 0 Å². The van der Waals surface area contributed by atoms with Gasteiger partial charge >= 0.3 is 0 Å². The minimum Gasteiger partial charge on any atom is -0.327 e. The molecule has 0 amide bonds. The molecule has 7 heavy (non-hydrogen) atoms. The third-order valence-corrected chi connectivity index (χ3v) is 0.354. The minimum absolute atomic E-state index is 0.625. The molecule has 0 unspecified atom stereocenters. The first kappa shape index (κ1) is 6.15. The summed E-state index contributed by atoms with van der Waals surface area (Å²) in [5, 5.41) is 2.69. The van der Waals surface area contributed by atoms with E-state index in [2.05, 4.69) is 32.3 Å². The fraction of sp³-hybridized carbons (Fsp3) is 0. The Bertz CT molecular complexity index is 80.4. The number of rotatable bonds is 2. The molecule has 0 atom stereocenters. The molecular formula is C6H9N+. The lowest BCUT2D eigenvalue weighted by atomic mass is 10.5. The van der Waals surface area contributed by atoms with Crippen molar-refractivity contribution < 1.29 is 0 Å². The highest BCUT2D eigenvalue weighted by Crippen LogP contribution is 1.82. The first-order chi connectivity index (χ1) is 3.13. The standard InChI is InChI=1S/C6H9N/c1-5(2)7-6(3)4/h7H,1-4H2/q+1. The van der Waals surface area contributed by atoms with E-state index in [9.17, 15) is 0 Å². The van der Waals surface area contributed by atoms with Crippen molar-refractivity contribution in [1.82, 2.24) is 5.32 Å². The van der Waals surface area contributed by atoms with E-state index >= 15 is 0 Å². The summed E-state index contributed by atoms with van der Waals surface area (Å²) in [5.41, 5.74) is 1.25. The molecule has 0 fully saturated rings. The van der Waals surface area contributed by atoms with Crippen LogP contribution in [0.5, 0.6) is 0 Å². The molecule has 0 aromatic rings. The van der Waals surface area contributed by atoms with Gasteiger partial charge in [-0.3, -0.25) is 0 Å². The molecule has 0 rings (SSSR count). The largest absolute Gasteiger partial charge is 0.327 e. The van der Waals surface area contributed by atoms with Crippen LogP contribution < -0.4 is 5.32 Å². The molecule has 1 radical (unpaired) electrons. The van der Waals surface area contributed by atoms with Gasteiger partial charge in [0.25, 0.3) is 0 Å². The van der Waals surface area contributed by atoms with Crippen LogP contribution in [-0.2, 0) is 0 Å². The number of hydrogen-bond donors (Lipinski definition) is 1. The summed E-state index contributed by atoms with van der Waals surface area (Å²) in [6.07, 6.45) is 0. The van der Waals surface area contributed by atoms with Crippen molar-refractivity contribution in [3.8, 4) is 0 Å². The Hall–Kier alpha value is -0.850. The van der Waals surface area contributed by atoms with Gasteiger partial charge in [-0.25, -0.2) is 0 Å². The van der Waals surface area contributed by atoms with Gasteiger partial charge in [-0.1, -0.05) is 6.58 Å². The Morgan fingerprint density at radius 3 is 1.86 bits per heavy atom. The summed E-state index contributed by atoms with van der Waals surface area (Å²) < 4.78 is 0. The highest BCUT2D eigenvalue weighted by atomic mass is 14.9. The molecule has 0 saturated heterocycles. The molecule has 0 heterocycles. The predicted molar refractivity (Wildman–Crippen MR) is 32.1 cm³/mol. The molecular weight excluding hydrogens is 86.1 g/mol. The lowest BCUT2D eigenvalue weighted by molar-refractivity contribution is 1.06. The van der Waals surface area contributed by atoms with Crippen LogP contribution >= 0.6 is 0 Å². The second-order valence-corrected chi connectivity index (χ2v) is 1.33. The molecule has 0 spiro atoms. The third kappa shape index (κ3) is 5.15. The monoisotopic (exact) mass is 95.1 g/mol. The second kappa shape index (κ2) is 2.35. The van der Waals surface area contributed by atoms with Crippen molar-refractivity contribution in [3.63, 3.8) is 0 Å². The summed E-state index contributed by atoms with van der Waals surface area (Å²) >= 11 is 0. The van der Waals surface area contributed by atoms with Crippen LogP contribution in [0.15, 0.2) is 24.6 Å². The maximum absolute atomic E-state index is 3.47. The van der Waals surface area contributed by atoms with E-state index in [-0.39, 0.29) is 0 Å². The van der Waals surface area contributed by atoms with Crippen LogP contribution in [0.1, 0.15) is 0 Å². The van der Waals surface area contributed by atoms with Gasteiger partial charge < -0.3 is 5.32 Å². The summed E-state index contributed by atoms with van der Waals surface area (Å²) in [5.74, 6) is 0. The molecule has 1 heteroatoms. The van der Waals surface area contributed by atoms with E-state index in [1.807, 2.05) is 0 Å². The number of nitrogens with one attached hydrogen (secondary N) is 1. The van der Waals surface area contributed by atoms with E-state index in [1.165, 1.54) is 0 Å². The number of allylic oxidation sites excluding steroid dienone is 2. The SMILES string of the molecule is [CH2]C(=C)NC(=C)[CH2+]. The highest BCUT2D eigenvalue weighted by molar-refractivity contribution is 5.07. The molecule has 1 nitrogen and oxygen atoms in total. The van der Waals surface area contributed by atoms with Gasteiger partial charge in [0.15, 0.2) is 5.70 Å². The summed E-state index contributed by atoms with van der Waals surface area (Å²) in [6.45, 7) is 13.9. The molecule has 37 valence electrons. The fourth-order valence-electron chi connectivity index (χ4n) is 0.250. The fourth-order valence-corrected chi connectivity index (χ4v) is 0.250. The first-order valence-corrected chi connectivity index (χ1v) is 1.91. The lowest BCUT2D eigenvalue weighted by Crippen LogP contribution is -2.04. The zero-order valence-electron chi connectivity index (χ0n) is 4.33. The van der Waals surface area contributed by atoms with Gasteiger partial charge in [-0.15, -0.1) is 0 Å². The molecule has 0 aliphatic carbocycles. The normalized spacial score (nSPS) is 7.57. The van der Waals surface area contributed by atoms with Gasteiger partial charge in [0.2, 0.25) is 0 Å². The third-order valence-electron chi connectivity index (χ3n) is 0.354. The summed E-state index contributed by atoms with van der Waals surface area (Å²) in [4.78, 5) is 0. The highest BCUT2D eigenvalue weighted by Gasteiger charge is 1.85. The lowest BCUT2D eigenvalue weighted by Gasteiger charge is -1.93. The molecule has 0 bridgehead atoms. The van der Waals surface area contributed by atoms with Gasteiger partial charge in [-0.2, -0.15) is 0 Å². The Morgan fingerprint density at radius 2 is 1.86 bits per heavy atom. The molecule has 0 aliphatic heterocycles. The molecule has 0 saturated carbocycles. The van der Waals surface area contributed by atoms with Crippen LogP contribution in [0.2, 0.25) is 0 Å². The van der Waals surface area contributed by atoms with Crippen molar-refractivity contribution in [1.29, 1.82) is 0 Å². The van der Waals surface area contributed by atoms with Crippen LogP contribution in [-0.4, -0.2) is 0 Å². The molecule has 0 aliphatic rings. The van der Waals surface area contributed by atoms with Gasteiger partial charge in [-0.05, 0) is 6.92 Å². The van der Waals surface area contributed by atoms with Crippen LogP contribution in [0.25, 0.3) is 0 Å². The van der Waals surface area contributed by atoms with Gasteiger partial charge in [0.1, 0.15) is 0 Å². The molecule has 0 aromatic heterocycles. The van der Waals surface area contributed by atoms with Crippen molar-refractivity contribution in [2.75, 3.05) is 0 Å². The van der Waals surface area contributed by atoms with E-state index < -0.39 is 0 Å². The zero-order valence-corrected chi connectivity index (χ0v) is 4.33. The van der Waals surface area contributed by atoms with E-state index in [1.54, 1.807) is 0 Å².